The molecule has 2 N–H and O–H groups in total. The molecule has 1 aliphatic heterocycles. The first-order chi connectivity index (χ1) is 17.5. The maximum atomic E-state index is 13.1. The molecule has 1 aliphatic rings. The van der Waals surface area contributed by atoms with Gasteiger partial charge in [-0.15, -0.1) is 11.8 Å². The molecule has 0 bridgehead atoms. The number of hydrogen-bond donors (Lipinski definition) is 2. The quantitative estimate of drug-likeness (QED) is 0.328. The summed E-state index contributed by atoms with van der Waals surface area (Å²) in [6.45, 7) is 1.30. The van der Waals surface area contributed by atoms with Gasteiger partial charge >= 0.3 is 0 Å². The number of amides is 1. The van der Waals surface area contributed by atoms with Crippen molar-refractivity contribution in [3.05, 3.63) is 76.3 Å². The lowest BCUT2D eigenvalue weighted by Crippen LogP contribution is -2.28. The van der Waals surface area contributed by atoms with E-state index in [0.717, 1.165) is 12.8 Å². The fourth-order valence-corrected chi connectivity index (χ4v) is 7.08. The third-order valence-electron chi connectivity index (χ3n) is 5.64. The molecule has 1 amide bonds. The van der Waals surface area contributed by atoms with Crippen LogP contribution in [-0.4, -0.2) is 47.0 Å². The molecule has 0 saturated carbocycles. The van der Waals surface area contributed by atoms with E-state index in [1.165, 1.54) is 66.4 Å². The molecule has 1 saturated heterocycles. The number of anilines is 2. The van der Waals surface area contributed by atoms with E-state index in [1.54, 1.807) is 11.0 Å². The van der Waals surface area contributed by atoms with Crippen LogP contribution in [0.25, 0.3) is 0 Å². The minimum atomic E-state index is -4.05. The summed E-state index contributed by atoms with van der Waals surface area (Å²) in [5, 5.41) is 0.539. The lowest BCUT2D eigenvalue weighted by atomic mass is 10.2. The lowest BCUT2D eigenvalue weighted by Gasteiger charge is -2.18. The number of nitrogens with zero attached hydrogens (tertiary/aromatic N) is 1. The third kappa shape index (κ3) is 6.53. The van der Waals surface area contributed by atoms with Crippen molar-refractivity contribution in [1.29, 1.82) is 0 Å². The molecule has 0 spiro atoms. The van der Waals surface area contributed by atoms with Crippen molar-refractivity contribution in [1.82, 2.24) is 4.90 Å². The molecule has 1 heterocycles. The van der Waals surface area contributed by atoms with Gasteiger partial charge in [-0.3, -0.25) is 14.2 Å². The fourth-order valence-electron chi connectivity index (χ4n) is 3.85. The highest BCUT2D eigenvalue weighted by Crippen LogP contribution is 2.28. The van der Waals surface area contributed by atoms with Gasteiger partial charge in [0.05, 0.1) is 21.0 Å². The Kier molecular flexibility index (Phi) is 8.29. The number of rotatable bonds is 8. The Morgan fingerprint density at radius 2 is 1.32 bits per heavy atom. The summed E-state index contributed by atoms with van der Waals surface area (Å²) in [5.74, 6) is -0.193. The molecule has 4 rings (SSSR count). The molecule has 1 fully saturated rings. The van der Waals surface area contributed by atoms with Crippen LogP contribution in [0.15, 0.2) is 75.4 Å². The van der Waals surface area contributed by atoms with Gasteiger partial charge in [0, 0.05) is 33.7 Å². The molecule has 8 nitrogen and oxygen atoms in total. The zero-order chi connectivity index (χ0) is 26.8. The van der Waals surface area contributed by atoms with Crippen LogP contribution in [0.4, 0.5) is 11.4 Å². The van der Waals surface area contributed by atoms with Gasteiger partial charge < -0.3 is 4.90 Å². The second-order valence-corrected chi connectivity index (χ2v) is 13.3. The molecule has 3 aromatic rings. The minimum absolute atomic E-state index is 0.0657. The monoisotopic (exact) mass is 599 g/mol. The van der Waals surface area contributed by atoms with Crippen molar-refractivity contribution in [3.63, 3.8) is 0 Å². The van der Waals surface area contributed by atoms with Crippen molar-refractivity contribution >= 4 is 72.3 Å². The maximum Gasteiger partial charge on any atom is 0.261 e. The first-order valence-corrected chi connectivity index (χ1v) is 16.0. The highest BCUT2D eigenvalue weighted by atomic mass is 35.5. The van der Waals surface area contributed by atoms with E-state index >= 15 is 0 Å². The zero-order valence-electron chi connectivity index (χ0n) is 19.6. The Bertz CT molecular complexity index is 1520. The van der Waals surface area contributed by atoms with Gasteiger partial charge in [-0.1, -0.05) is 23.2 Å². The van der Waals surface area contributed by atoms with Gasteiger partial charge in [-0.05, 0) is 79.8 Å². The fraction of sp³-hybridized carbons (Fsp3) is 0.208. The van der Waals surface area contributed by atoms with E-state index in [2.05, 4.69) is 9.44 Å². The number of carbonyl (C=O) groups excluding carboxylic acids is 1. The van der Waals surface area contributed by atoms with Gasteiger partial charge in [0.2, 0.25) is 0 Å². The van der Waals surface area contributed by atoms with Crippen LogP contribution in [-0.2, 0) is 20.0 Å². The lowest BCUT2D eigenvalue weighted by molar-refractivity contribution is 0.0789. The topological polar surface area (TPSA) is 113 Å². The highest BCUT2D eigenvalue weighted by Gasteiger charge is 2.25. The average molecular weight is 601 g/mol. The second-order valence-electron chi connectivity index (χ2n) is 8.25. The van der Waals surface area contributed by atoms with Gasteiger partial charge in [0.1, 0.15) is 0 Å². The molecule has 0 aromatic heterocycles. The normalized spacial score (nSPS) is 14.0. The summed E-state index contributed by atoms with van der Waals surface area (Å²) in [5.41, 5.74) is 0.687. The van der Waals surface area contributed by atoms with Gasteiger partial charge in [-0.2, -0.15) is 0 Å². The van der Waals surface area contributed by atoms with E-state index in [-0.39, 0.29) is 37.1 Å². The highest BCUT2D eigenvalue weighted by molar-refractivity contribution is 7.98. The molecule has 196 valence electrons. The van der Waals surface area contributed by atoms with Crippen molar-refractivity contribution in [2.75, 3.05) is 28.8 Å². The summed E-state index contributed by atoms with van der Waals surface area (Å²) in [7, 11) is -8.03. The molecule has 3 aromatic carbocycles. The largest absolute Gasteiger partial charge is 0.339 e. The van der Waals surface area contributed by atoms with E-state index in [0.29, 0.717) is 23.5 Å². The van der Waals surface area contributed by atoms with Crippen LogP contribution in [0.3, 0.4) is 0 Å². The second kappa shape index (κ2) is 11.1. The molecule has 0 atom stereocenters. The summed E-state index contributed by atoms with van der Waals surface area (Å²) >= 11 is 13.2. The van der Waals surface area contributed by atoms with E-state index in [9.17, 15) is 21.6 Å². The molecule has 0 unspecified atom stereocenters. The number of sulfonamides is 2. The summed E-state index contributed by atoms with van der Waals surface area (Å²) in [6.07, 6.45) is 3.68. The Balaban J connectivity index is 1.54. The van der Waals surface area contributed by atoms with E-state index in [1.807, 2.05) is 6.26 Å². The smallest absolute Gasteiger partial charge is 0.261 e. The van der Waals surface area contributed by atoms with Crippen molar-refractivity contribution < 1.29 is 21.6 Å². The Morgan fingerprint density at radius 3 is 1.92 bits per heavy atom. The standard InChI is InChI=1S/C24H23Cl2N3O5S3/c1-35-23-9-8-21(15-22(23)24(30)29-10-2-3-11-29)37(33,34)27-18-4-6-20(7-5-18)36(31,32)28-19-13-16(25)12-17(26)14-19/h4-9,12-15,27-28H,2-3,10-11H2,1H3. The number of nitrogens with one attached hydrogen (secondary N) is 2. The molecule has 0 aliphatic carbocycles. The van der Waals surface area contributed by atoms with Crippen LogP contribution < -0.4 is 9.44 Å². The van der Waals surface area contributed by atoms with Crippen LogP contribution >= 0.6 is 35.0 Å². The van der Waals surface area contributed by atoms with E-state index in [4.69, 9.17) is 23.2 Å². The number of hydrogen-bond acceptors (Lipinski definition) is 6. The van der Waals surface area contributed by atoms with Crippen LogP contribution in [0.2, 0.25) is 10.0 Å². The summed E-state index contributed by atoms with van der Waals surface area (Å²) in [4.78, 5) is 15.2. The number of carbonyl (C=O) groups is 1. The molecular formula is C24H23Cl2N3O5S3. The summed E-state index contributed by atoms with van der Waals surface area (Å²) < 4.78 is 56.5. The van der Waals surface area contributed by atoms with Gasteiger partial charge in [0.25, 0.3) is 26.0 Å². The predicted molar refractivity (Wildman–Crippen MR) is 148 cm³/mol. The van der Waals surface area contributed by atoms with Crippen molar-refractivity contribution in [2.45, 2.75) is 27.5 Å². The third-order valence-corrected chi connectivity index (χ3v) is 9.64. The molecule has 37 heavy (non-hydrogen) atoms. The van der Waals surface area contributed by atoms with Crippen molar-refractivity contribution in [2.24, 2.45) is 0 Å². The number of likely N-dealkylation sites (tertiary alicyclic amines) is 1. The Labute approximate surface area is 230 Å². The summed E-state index contributed by atoms with van der Waals surface area (Å²) in [6, 6.07) is 14.0. The predicted octanol–water partition coefficient (Wildman–Crippen LogP) is 5.55. The Morgan fingerprint density at radius 1 is 0.784 bits per heavy atom. The Hall–Kier alpha value is -2.44. The van der Waals surface area contributed by atoms with Gasteiger partial charge in [0.15, 0.2) is 0 Å². The number of halogens is 2. The number of benzene rings is 3. The van der Waals surface area contributed by atoms with Gasteiger partial charge in [-0.25, -0.2) is 16.8 Å². The maximum absolute atomic E-state index is 13.1. The van der Waals surface area contributed by atoms with Crippen LogP contribution in [0.1, 0.15) is 23.2 Å². The minimum Gasteiger partial charge on any atom is -0.339 e. The van der Waals surface area contributed by atoms with Crippen molar-refractivity contribution in [3.8, 4) is 0 Å². The zero-order valence-corrected chi connectivity index (χ0v) is 23.5. The molecular weight excluding hydrogens is 577 g/mol. The first kappa shape index (κ1) is 27.6. The number of thioether (sulfide) groups is 1. The molecule has 13 heteroatoms. The van der Waals surface area contributed by atoms with Crippen LogP contribution in [0.5, 0.6) is 0 Å². The van der Waals surface area contributed by atoms with E-state index < -0.39 is 20.0 Å². The average Bonchev–Trinajstić information content (AvgIpc) is 3.37. The molecule has 0 radical (unpaired) electrons. The SMILES string of the molecule is CSc1ccc(S(=O)(=O)Nc2ccc(S(=O)(=O)Nc3cc(Cl)cc(Cl)c3)cc2)cc1C(=O)N1CCCC1. The van der Waals surface area contributed by atoms with Crippen LogP contribution in [0, 0.1) is 0 Å². The first-order valence-electron chi connectivity index (χ1n) is 11.1.